The predicted octanol–water partition coefficient (Wildman–Crippen LogP) is 3.70. The van der Waals surface area contributed by atoms with E-state index in [9.17, 15) is 4.79 Å². The van der Waals surface area contributed by atoms with Crippen molar-refractivity contribution in [1.82, 2.24) is 0 Å². The van der Waals surface area contributed by atoms with Gasteiger partial charge in [-0.15, -0.1) is 0 Å². The molecular formula is C10H8Br2O2. The number of carboxylic acids is 1. The van der Waals surface area contributed by atoms with Crippen molar-refractivity contribution in [3.63, 3.8) is 0 Å². The van der Waals surface area contributed by atoms with Crippen molar-refractivity contribution in [2.75, 3.05) is 0 Å². The lowest BCUT2D eigenvalue weighted by Crippen LogP contribution is -1.90. The van der Waals surface area contributed by atoms with Gasteiger partial charge in [0.2, 0.25) is 0 Å². The van der Waals surface area contributed by atoms with Crippen molar-refractivity contribution < 1.29 is 9.90 Å². The number of aliphatic carboxylic acids is 1. The van der Waals surface area contributed by atoms with Gasteiger partial charge in [0, 0.05) is 15.0 Å². The molecular weight excluding hydrogens is 312 g/mol. The molecule has 2 nitrogen and oxygen atoms in total. The standard InChI is InChI=1S/C10H8Br2O2/c1-6(4-10(13)14)7-2-3-8(11)9(12)5-7/h2-5H,1H3,(H,13,14)/b6-4-. The van der Waals surface area contributed by atoms with Crippen LogP contribution in [-0.4, -0.2) is 11.1 Å². The Balaban J connectivity index is 3.09. The fourth-order valence-electron chi connectivity index (χ4n) is 1.01. The molecule has 0 aliphatic rings. The van der Waals surface area contributed by atoms with Crippen LogP contribution in [0.1, 0.15) is 12.5 Å². The van der Waals surface area contributed by atoms with Crippen molar-refractivity contribution in [3.8, 4) is 0 Å². The first-order chi connectivity index (χ1) is 6.50. The largest absolute Gasteiger partial charge is 0.478 e. The smallest absolute Gasteiger partial charge is 0.328 e. The highest BCUT2D eigenvalue weighted by atomic mass is 79.9. The van der Waals surface area contributed by atoms with Gasteiger partial charge >= 0.3 is 5.97 Å². The van der Waals surface area contributed by atoms with E-state index in [2.05, 4.69) is 31.9 Å². The third kappa shape index (κ3) is 2.96. The maximum atomic E-state index is 10.4. The topological polar surface area (TPSA) is 37.3 Å². The van der Waals surface area contributed by atoms with Crippen LogP contribution in [0.25, 0.3) is 5.57 Å². The van der Waals surface area contributed by atoms with E-state index < -0.39 is 5.97 Å². The highest BCUT2D eigenvalue weighted by Gasteiger charge is 2.01. The quantitative estimate of drug-likeness (QED) is 0.844. The van der Waals surface area contributed by atoms with Gasteiger partial charge in [-0.3, -0.25) is 0 Å². The minimum absolute atomic E-state index is 0.728. The second-order valence-corrected chi connectivity index (χ2v) is 4.50. The molecule has 0 aliphatic heterocycles. The molecule has 14 heavy (non-hydrogen) atoms. The molecule has 0 unspecified atom stereocenters. The van der Waals surface area contributed by atoms with Gasteiger partial charge < -0.3 is 5.11 Å². The molecule has 0 saturated carbocycles. The summed E-state index contributed by atoms with van der Waals surface area (Å²) in [6.07, 6.45) is 1.19. The fourth-order valence-corrected chi connectivity index (χ4v) is 1.64. The minimum atomic E-state index is -0.929. The van der Waals surface area contributed by atoms with Crippen LogP contribution in [0.4, 0.5) is 0 Å². The van der Waals surface area contributed by atoms with E-state index in [0.717, 1.165) is 20.1 Å². The van der Waals surface area contributed by atoms with Gasteiger partial charge in [-0.2, -0.15) is 0 Å². The molecule has 0 bridgehead atoms. The summed E-state index contributed by atoms with van der Waals surface area (Å²) in [5.74, 6) is -0.929. The number of hydrogen-bond acceptors (Lipinski definition) is 1. The zero-order chi connectivity index (χ0) is 10.7. The molecule has 0 atom stereocenters. The molecule has 1 N–H and O–H groups in total. The van der Waals surface area contributed by atoms with Crippen LogP contribution in [0.3, 0.4) is 0 Å². The second-order valence-electron chi connectivity index (χ2n) is 2.79. The number of benzene rings is 1. The lowest BCUT2D eigenvalue weighted by molar-refractivity contribution is -0.131. The Bertz CT molecular complexity index is 397. The summed E-state index contributed by atoms with van der Waals surface area (Å²) >= 11 is 6.71. The van der Waals surface area contributed by atoms with E-state index >= 15 is 0 Å². The van der Waals surface area contributed by atoms with Crippen molar-refractivity contribution in [1.29, 1.82) is 0 Å². The van der Waals surface area contributed by atoms with Crippen LogP contribution in [0.5, 0.6) is 0 Å². The number of rotatable bonds is 2. The van der Waals surface area contributed by atoms with Crippen LogP contribution in [0, 0.1) is 0 Å². The number of halogens is 2. The Morgan fingerprint density at radius 3 is 2.50 bits per heavy atom. The van der Waals surface area contributed by atoms with Gasteiger partial charge in [-0.05, 0) is 62.1 Å². The maximum absolute atomic E-state index is 10.4. The molecule has 1 aromatic carbocycles. The normalized spacial score (nSPS) is 11.5. The van der Waals surface area contributed by atoms with Gasteiger partial charge in [-0.1, -0.05) is 6.07 Å². The molecule has 0 saturated heterocycles. The molecule has 0 aromatic heterocycles. The zero-order valence-electron chi connectivity index (χ0n) is 7.42. The third-order valence-electron chi connectivity index (χ3n) is 1.71. The van der Waals surface area contributed by atoms with E-state index in [1.165, 1.54) is 6.08 Å². The number of hydrogen-bond donors (Lipinski definition) is 1. The average Bonchev–Trinajstić information content (AvgIpc) is 2.08. The van der Waals surface area contributed by atoms with E-state index in [1.807, 2.05) is 18.2 Å². The van der Waals surface area contributed by atoms with E-state index in [1.54, 1.807) is 6.92 Å². The van der Waals surface area contributed by atoms with Crippen molar-refractivity contribution in [2.24, 2.45) is 0 Å². The SMILES string of the molecule is C/C(=C/C(=O)O)c1ccc(Br)c(Br)c1. The maximum Gasteiger partial charge on any atom is 0.328 e. The summed E-state index contributed by atoms with van der Waals surface area (Å²) in [6.45, 7) is 1.77. The van der Waals surface area contributed by atoms with Gasteiger partial charge in [0.05, 0.1) is 0 Å². The second kappa shape index (κ2) is 4.75. The van der Waals surface area contributed by atoms with E-state index in [-0.39, 0.29) is 0 Å². The summed E-state index contributed by atoms with van der Waals surface area (Å²) in [7, 11) is 0. The van der Waals surface area contributed by atoms with E-state index in [4.69, 9.17) is 5.11 Å². The molecule has 74 valence electrons. The Labute approximate surface area is 98.9 Å². The summed E-state index contributed by atoms with van der Waals surface area (Å²) in [5, 5.41) is 8.57. The first-order valence-corrected chi connectivity index (χ1v) is 5.46. The Morgan fingerprint density at radius 1 is 1.36 bits per heavy atom. The summed E-state index contributed by atoms with van der Waals surface area (Å²) in [4.78, 5) is 10.4. The lowest BCUT2D eigenvalue weighted by Gasteiger charge is -2.02. The molecule has 0 aliphatic carbocycles. The van der Waals surface area contributed by atoms with Crippen molar-refractivity contribution in [2.45, 2.75) is 6.92 Å². The van der Waals surface area contributed by atoms with Crippen LogP contribution >= 0.6 is 31.9 Å². The van der Waals surface area contributed by atoms with Crippen LogP contribution in [-0.2, 0) is 4.79 Å². The number of carbonyl (C=O) groups is 1. The van der Waals surface area contributed by atoms with Crippen LogP contribution < -0.4 is 0 Å². The summed E-state index contributed by atoms with van der Waals surface area (Å²) in [6, 6.07) is 5.61. The van der Waals surface area contributed by atoms with Crippen molar-refractivity contribution >= 4 is 43.4 Å². The summed E-state index contributed by atoms with van der Waals surface area (Å²) in [5.41, 5.74) is 1.62. The van der Waals surface area contributed by atoms with Gasteiger partial charge in [-0.25, -0.2) is 4.79 Å². The monoisotopic (exact) mass is 318 g/mol. The molecule has 1 aromatic rings. The molecule has 1 rings (SSSR count). The fraction of sp³-hybridized carbons (Fsp3) is 0.100. The van der Waals surface area contributed by atoms with E-state index in [0.29, 0.717) is 0 Å². The van der Waals surface area contributed by atoms with Gasteiger partial charge in [0.15, 0.2) is 0 Å². The predicted molar refractivity (Wildman–Crippen MR) is 63.1 cm³/mol. The first-order valence-electron chi connectivity index (χ1n) is 3.87. The Kier molecular flexibility index (Phi) is 3.89. The summed E-state index contributed by atoms with van der Waals surface area (Å²) < 4.78 is 1.86. The molecule has 0 radical (unpaired) electrons. The Hall–Kier alpha value is -0.610. The van der Waals surface area contributed by atoms with Crippen molar-refractivity contribution in [3.05, 3.63) is 38.8 Å². The van der Waals surface area contributed by atoms with Gasteiger partial charge in [0.1, 0.15) is 0 Å². The third-order valence-corrected chi connectivity index (χ3v) is 3.59. The molecule has 0 fully saturated rings. The number of carboxylic acid groups (broad SMARTS) is 1. The average molecular weight is 320 g/mol. The highest BCUT2D eigenvalue weighted by molar-refractivity contribution is 9.13. The Morgan fingerprint density at radius 2 is 2.00 bits per heavy atom. The lowest BCUT2D eigenvalue weighted by atomic mass is 10.1. The minimum Gasteiger partial charge on any atom is -0.478 e. The van der Waals surface area contributed by atoms with Gasteiger partial charge in [0.25, 0.3) is 0 Å². The molecule has 0 amide bonds. The molecule has 0 spiro atoms. The van der Waals surface area contributed by atoms with Crippen LogP contribution in [0.2, 0.25) is 0 Å². The van der Waals surface area contributed by atoms with Crippen LogP contribution in [0.15, 0.2) is 33.2 Å². The first kappa shape index (κ1) is 11.5. The molecule has 0 heterocycles. The number of allylic oxidation sites excluding steroid dienone is 1. The zero-order valence-corrected chi connectivity index (χ0v) is 10.6. The highest BCUT2D eigenvalue weighted by Crippen LogP contribution is 2.26. The molecule has 4 heteroatoms.